The van der Waals surface area contributed by atoms with E-state index in [1.54, 1.807) is 0 Å². The molecule has 0 saturated heterocycles. The zero-order chi connectivity index (χ0) is 18.7. The van der Waals surface area contributed by atoms with E-state index in [0.717, 1.165) is 22.5 Å². The first kappa shape index (κ1) is 20.7. The van der Waals surface area contributed by atoms with Gasteiger partial charge in [0.25, 0.3) is 5.97 Å². The van der Waals surface area contributed by atoms with Crippen molar-refractivity contribution in [1.82, 2.24) is 0 Å². The first-order valence-corrected chi connectivity index (χ1v) is 15.3. The fourth-order valence-corrected chi connectivity index (χ4v) is 3.92. The monoisotopic (exact) mass is 364 g/mol. The largest absolute Gasteiger partial charge is 0.544 e. The Morgan fingerprint density at radius 1 is 0.875 bits per heavy atom. The third-order valence-corrected chi connectivity index (χ3v) is 4.93. The van der Waals surface area contributed by atoms with Crippen molar-refractivity contribution < 1.29 is 13.6 Å². The Hall–Kier alpha value is -1.34. The number of allylic oxidation sites excluding steroid dienone is 1. The number of hydrogen-bond acceptors (Lipinski definition) is 3. The smallest absolute Gasteiger partial charge is 0.299 e. The second-order valence-electron chi connectivity index (χ2n) is 8.42. The zero-order valence-corrected chi connectivity index (χ0v) is 18.6. The lowest BCUT2D eigenvalue weighted by Crippen LogP contribution is -2.31. The highest BCUT2D eigenvalue weighted by molar-refractivity contribution is 6.71. The van der Waals surface area contributed by atoms with Crippen LogP contribution in [0.2, 0.25) is 39.3 Å². The number of carbonyl (C=O) groups is 1. The van der Waals surface area contributed by atoms with E-state index in [0.29, 0.717) is 0 Å². The van der Waals surface area contributed by atoms with Gasteiger partial charge in [-0.05, 0) is 71.2 Å². The van der Waals surface area contributed by atoms with Crippen molar-refractivity contribution in [2.45, 2.75) is 66.0 Å². The van der Waals surface area contributed by atoms with Crippen LogP contribution in [0, 0.1) is 0 Å². The van der Waals surface area contributed by atoms with Crippen molar-refractivity contribution in [2.75, 3.05) is 0 Å². The number of hydrogen-bond donors (Lipinski definition) is 0. The van der Waals surface area contributed by atoms with Gasteiger partial charge in [0.15, 0.2) is 0 Å². The lowest BCUT2D eigenvalue weighted by Gasteiger charge is -2.24. The van der Waals surface area contributed by atoms with Gasteiger partial charge in [-0.2, -0.15) is 0 Å². The van der Waals surface area contributed by atoms with Gasteiger partial charge in [-0.15, -0.1) is 0 Å². The predicted octanol–water partition coefficient (Wildman–Crippen LogP) is 5.77. The van der Waals surface area contributed by atoms with Crippen molar-refractivity contribution >= 4 is 28.4 Å². The van der Waals surface area contributed by atoms with E-state index >= 15 is 0 Å². The first-order valence-electron chi connectivity index (χ1n) is 8.50. The minimum atomic E-state index is -1.86. The molecule has 0 aliphatic rings. The second-order valence-corrected chi connectivity index (χ2v) is 17.3. The summed E-state index contributed by atoms with van der Waals surface area (Å²) in [7, 11) is -3.53. The van der Waals surface area contributed by atoms with Gasteiger partial charge >= 0.3 is 0 Å². The van der Waals surface area contributed by atoms with Crippen LogP contribution >= 0.6 is 0 Å². The van der Waals surface area contributed by atoms with Crippen LogP contribution in [0.1, 0.15) is 37.8 Å². The van der Waals surface area contributed by atoms with E-state index in [1.807, 2.05) is 50.8 Å². The second kappa shape index (κ2) is 7.70. The Morgan fingerprint density at radius 2 is 1.33 bits per heavy atom. The molecule has 0 aliphatic heterocycles. The molecule has 134 valence electrons. The third-order valence-electron chi connectivity index (χ3n) is 3.30. The first-order chi connectivity index (χ1) is 10.8. The molecule has 0 aliphatic carbocycles. The van der Waals surface area contributed by atoms with Gasteiger partial charge in [-0.1, -0.05) is 24.3 Å². The van der Waals surface area contributed by atoms with Gasteiger partial charge < -0.3 is 8.85 Å². The molecule has 1 atom stereocenters. The molecule has 3 nitrogen and oxygen atoms in total. The maximum atomic E-state index is 12.3. The van der Waals surface area contributed by atoms with Gasteiger partial charge in [0.1, 0.15) is 5.76 Å². The summed E-state index contributed by atoms with van der Waals surface area (Å²) < 4.78 is 11.8. The summed E-state index contributed by atoms with van der Waals surface area (Å²) in [6, 6.07) is 8.08. The molecule has 1 rings (SSSR count). The average molecular weight is 365 g/mol. The van der Waals surface area contributed by atoms with E-state index in [-0.39, 0.29) is 11.9 Å². The fourth-order valence-electron chi connectivity index (χ4n) is 2.21. The maximum absolute atomic E-state index is 12.3. The van der Waals surface area contributed by atoms with Crippen molar-refractivity contribution in [1.29, 1.82) is 0 Å². The molecule has 0 fully saturated rings. The lowest BCUT2D eigenvalue weighted by atomic mass is 9.99. The highest BCUT2D eigenvalue weighted by Crippen LogP contribution is 2.27. The average Bonchev–Trinajstić information content (AvgIpc) is 2.41. The third kappa shape index (κ3) is 6.65. The van der Waals surface area contributed by atoms with Crippen LogP contribution in [0.3, 0.4) is 0 Å². The summed E-state index contributed by atoms with van der Waals surface area (Å²) >= 11 is 0. The Bertz CT molecular complexity index is 601. The summed E-state index contributed by atoms with van der Waals surface area (Å²) in [6.45, 7) is 18.6. The molecule has 24 heavy (non-hydrogen) atoms. The molecule has 1 unspecified atom stereocenters. The van der Waals surface area contributed by atoms with Crippen LogP contribution in [-0.2, 0) is 13.6 Å². The molecule has 0 radical (unpaired) electrons. The van der Waals surface area contributed by atoms with Crippen molar-refractivity contribution in [2.24, 2.45) is 0 Å². The Balaban J connectivity index is 3.00. The lowest BCUT2D eigenvalue weighted by molar-refractivity contribution is -0.136. The summed E-state index contributed by atoms with van der Waals surface area (Å²) in [5, 5.41) is 0. The van der Waals surface area contributed by atoms with Crippen molar-refractivity contribution in [3.8, 4) is 0 Å². The zero-order valence-electron chi connectivity index (χ0n) is 16.6. The number of carbonyl (C=O) groups excluding carboxylic acids is 1. The van der Waals surface area contributed by atoms with Crippen LogP contribution in [0.5, 0.6) is 0 Å². The molecule has 0 aromatic heterocycles. The Kier molecular flexibility index (Phi) is 6.64. The summed E-state index contributed by atoms with van der Waals surface area (Å²) in [4.78, 5) is 12.3. The molecule has 0 bridgehead atoms. The Morgan fingerprint density at radius 3 is 1.71 bits per heavy atom. The van der Waals surface area contributed by atoms with E-state index in [2.05, 4.69) is 33.5 Å². The minimum absolute atomic E-state index is 0.136. The summed E-state index contributed by atoms with van der Waals surface area (Å²) in [6.07, 6.45) is 0. The Labute approximate surface area is 149 Å². The molecular weight excluding hydrogens is 332 g/mol. The van der Waals surface area contributed by atoms with E-state index in [4.69, 9.17) is 8.85 Å². The molecule has 1 aromatic rings. The normalized spacial score (nSPS) is 13.2. The van der Waals surface area contributed by atoms with Crippen LogP contribution in [0.4, 0.5) is 0 Å². The van der Waals surface area contributed by atoms with Gasteiger partial charge in [-0.3, -0.25) is 4.79 Å². The van der Waals surface area contributed by atoms with E-state index in [1.165, 1.54) is 0 Å². The summed E-state index contributed by atoms with van der Waals surface area (Å²) in [5.74, 6) is 0.569. The molecule has 0 spiro atoms. The van der Waals surface area contributed by atoms with Gasteiger partial charge in [0.05, 0.1) is 5.92 Å². The molecule has 5 heteroatoms. The molecule has 0 saturated carbocycles. The van der Waals surface area contributed by atoms with Crippen molar-refractivity contribution in [3.63, 3.8) is 0 Å². The molecule has 0 N–H and O–H groups in total. The predicted molar refractivity (Wildman–Crippen MR) is 107 cm³/mol. The number of rotatable bonds is 6. The van der Waals surface area contributed by atoms with Crippen LogP contribution in [0.15, 0.2) is 29.8 Å². The van der Waals surface area contributed by atoms with Crippen LogP contribution in [-0.4, -0.2) is 22.6 Å². The van der Waals surface area contributed by atoms with Gasteiger partial charge in [-0.25, -0.2) is 0 Å². The van der Waals surface area contributed by atoms with Gasteiger partial charge in [0, 0.05) is 5.56 Å². The minimum Gasteiger partial charge on any atom is -0.544 e. The molecule has 0 heterocycles. The fraction of sp³-hybridized carbons (Fsp3) is 0.526. The highest BCUT2D eigenvalue weighted by atomic mass is 28.4. The highest BCUT2D eigenvalue weighted by Gasteiger charge is 2.25. The molecule has 1 aromatic carbocycles. The van der Waals surface area contributed by atoms with E-state index < -0.39 is 16.6 Å². The molecule has 0 amide bonds. The quantitative estimate of drug-likeness (QED) is 0.475. The van der Waals surface area contributed by atoms with Crippen LogP contribution in [0.25, 0.3) is 5.76 Å². The molecular formula is C19H32O3Si2. The van der Waals surface area contributed by atoms with Crippen molar-refractivity contribution in [3.05, 3.63) is 41.0 Å². The number of benzene rings is 1. The SMILES string of the molecule is CC(C)=C(O[Si](C)(C)C)c1ccc(C(C)C(=O)O[Si](C)(C)C)cc1. The van der Waals surface area contributed by atoms with E-state index in [9.17, 15) is 4.79 Å². The van der Waals surface area contributed by atoms with Crippen LogP contribution < -0.4 is 0 Å². The summed E-state index contributed by atoms with van der Waals surface area (Å²) in [5.41, 5.74) is 3.20. The topological polar surface area (TPSA) is 35.5 Å². The van der Waals surface area contributed by atoms with Gasteiger partial charge in [0.2, 0.25) is 16.6 Å². The standard InChI is InChI=1S/C19H32O3Si2/c1-14(2)18(21-23(4,5)6)17-12-10-16(11-13-17)15(3)19(20)22-24(7,8)9/h10-13,15H,1-9H3. The maximum Gasteiger partial charge on any atom is 0.299 e.